The summed E-state index contributed by atoms with van der Waals surface area (Å²) >= 11 is 0. The van der Waals surface area contributed by atoms with Gasteiger partial charge in [0.25, 0.3) is 5.91 Å². The quantitative estimate of drug-likeness (QED) is 0.728. The average molecular weight is 218 g/mol. The Bertz CT molecular complexity index is 453. The van der Waals surface area contributed by atoms with E-state index in [4.69, 9.17) is 12.2 Å². The summed E-state index contributed by atoms with van der Waals surface area (Å²) in [5.41, 5.74) is 7.52. The smallest absolute Gasteiger partial charge is 0.277 e. The van der Waals surface area contributed by atoms with Gasteiger partial charge in [0.2, 0.25) is 0 Å². The number of carbonyl (C=O) groups is 1. The number of carbonyl (C=O) groups excluding carboxylic acids is 1. The van der Waals surface area contributed by atoms with Gasteiger partial charge in [0.05, 0.1) is 17.9 Å². The number of hydrogen-bond donors (Lipinski definition) is 2. The SMILES string of the molecule is C#CCN(C)C(=O)c1n[nH]c(C2CC2)c1N. The molecule has 0 spiro atoms. The van der Waals surface area contributed by atoms with E-state index in [1.807, 2.05) is 0 Å². The Morgan fingerprint density at radius 2 is 2.44 bits per heavy atom. The molecule has 1 aliphatic rings. The van der Waals surface area contributed by atoms with E-state index < -0.39 is 0 Å². The van der Waals surface area contributed by atoms with E-state index in [1.165, 1.54) is 4.90 Å². The zero-order valence-corrected chi connectivity index (χ0v) is 9.16. The van der Waals surface area contributed by atoms with Gasteiger partial charge >= 0.3 is 0 Å². The summed E-state index contributed by atoms with van der Waals surface area (Å²) in [5, 5.41) is 6.81. The normalized spacial score (nSPS) is 14.5. The van der Waals surface area contributed by atoms with Gasteiger partial charge in [-0.2, -0.15) is 5.10 Å². The number of nitrogens with two attached hydrogens (primary N) is 1. The van der Waals surface area contributed by atoms with E-state index in [2.05, 4.69) is 16.1 Å². The van der Waals surface area contributed by atoms with Crippen molar-refractivity contribution in [1.29, 1.82) is 0 Å². The van der Waals surface area contributed by atoms with Gasteiger partial charge in [-0.3, -0.25) is 9.89 Å². The number of amides is 1. The minimum Gasteiger partial charge on any atom is -0.395 e. The van der Waals surface area contributed by atoms with Gasteiger partial charge in [-0.15, -0.1) is 6.42 Å². The summed E-state index contributed by atoms with van der Waals surface area (Å²) in [6.45, 7) is 0.254. The van der Waals surface area contributed by atoms with E-state index >= 15 is 0 Å². The lowest BCUT2D eigenvalue weighted by molar-refractivity contribution is 0.0808. The second-order valence-electron chi connectivity index (χ2n) is 4.04. The highest BCUT2D eigenvalue weighted by Crippen LogP contribution is 2.42. The van der Waals surface area contributed by atoms with Crippen molar-refractivity contribution in [2.45, 2.75) is 18.8 Å². The predicted molar refractivity (Wildman–Crippen MR) is 60.8 cm³/mol. The Morgan fingerprint density at radius 1 is 1.75 bits per heavy atom. The monoisotopic (exact) mass is 218 g/mol. The lowest BCUT2D eigenvalue weighted by Crippen LogP contribution is -2.28. The molecule has 1 aromatic rings. The van der Waals surface area contributed by atoms with Crippen molar-refractivity contribution < 1.29 is 4.79 Å². The molecule has 5 heteroatoms. The van der Waals surface area contributed by atoms with Gasteiger partial charge in [-0.05, 0) is 12.8 Å². The fourth-order valence-corrected chi connectivity index (χ4v) is 1.60. The van der Waals surface area contributed by atoms with Crippen LogP contribution in [0.25, 0.3) is 0 Å². The molecule has 0 radical (unpaired) electrons. The largest absolute Gasteiger partial charge is 0.395 e. The van der Waals surface area contributed by atoms with Crippen LogP contribution in [0.5, 0.6) is 0 Å². The molecule has 2 rings (SSSR count). The zero-order valence-electron chi connectivity index (χ0n) is 9.16. The van der Waals surface area contributed by atoms with Crippen LogP contribution in [0.4, 0.5) is 5.69 Å². The minimum atomic E-state index is -0.237. The second-order valence-corrected chi connectivity index (χ2v) is 4.04. The van der Waals surface area contributed by atoms with Crippen LogP contribution in [0.15, 0.2) is 0 Å². The molecule has 1 fully saturated rings. The molecular formula is C11H14N4O. The Kier molecular flexibility index (Phi) is 2.57. The molecular weight excluding hydrogens is 204 g/mol. The van der Waals surface area contributed by atoms with Crippen molar-refractivity contribution in [2.24, 2.45) is 0 Å². The first-order valence-corrected chi connectivity index (χ1v) is 5.17. The molecule has 1 aromatic heterocycles. The second kappa shape index (κ2) is 3.89. The van der Waals surface area contributed by atoms with E-state index in [1.54, 1.807) is 7.05 Å². The number of nitrogens with zero attached hydrogens (tertiary/aromatic N) is 2. The number of rotatable bonds is 3. The van der Waals surface area contributed by atoms with E-state index in [0.29, 0.717) is 11.6 Å². The highest BCUT2D eigenvalue weighted by atomic mass is 16.2. The summed E-state index contributed by atoms with van der Waals surface area (Å²) in [6.07, 6.45) is 7.37. The number of hydrogen-bond acceptors (Lipinski definition) is 3. The van der Waals surface area contributed by atoms with Gasteiger partial charge in [0.1, 0.15) is 0 Å². The van der Waals surface area contributed by atoms with Gasteiger partial charge in [-0.1, -0.05) is 5.92 Å². The maximum absolute atomic E-state index is 11.9. The van der Waals surface area contributed by atoms with Gasteiger partial charge in [0.15, 0.2) is 5.69 Å². The van der Waals surface area contributed by atoms with Gasteiger partial charge in [-0.25, -0.2) is 0 Å². The number of nitrogen functional groups attached to an aromatic ring is 1. The Balaban J connectivity index is 2.20. The molecule has 0 atom stereocenters. The summed E-state index contributed by atoms with van der Waals surface area (Å²) in [5.74, 6) is 2.62. The third-order valence-corrected chi connectivity index (χ3v) is 2.70. The van der Waals surface area contributed by atoms with Crippen molar-refractivity contribution in [3.8, 4) is 12.3 Å². The maximum Gasteiger partial charge on any atom is 0.277 e. The molecule has 0 aliphatic heterocycles. The van der Waals surface area contributed by atoms with E-state index in [-0.39, 0.29) is 18.1 Å². The van der Waals surface area contributed by atoms with Crippen molar-refractivity contribution in [3.63, 3.8) is 0 Å². The van der Waals surface area contributed by atoms with Crippen LogP contribution < -0.4 is 5.73 Å². The molecule has 0 saturated heterocycles. The van der Waals surface area contributed by atoms with E-state index in [9.17, 15) is 4.79 Å². The fourth-order valence-electron chi connectivity index (χ4n) is 1.60. The first-order valence-electron chi connectivity index (χ1n) is 5.17. The van der Waals surface area contributed by atoms with Crippen LogP contribution in [0.2, 0.25) is 0 Å². The first kappa shape index (κ1) is 10.6. The molecule has 1 aliphatic carbocycles. The molecule has 5 nitrogen and oxygen atoms in total. The number of aromatic amines is 1. The van der Waals surface area contributed by atoms with Crippen LogP contribution in [-0.2, 0) is 0 Å². The van der Waals surface area contributed by atoms with Crippen LogP contribution in [0.1, 0.15) is 34.9 Å². The molecule has 1 heterocycles. The fraction of sp³-hybridized carbons (Fsp3) is 0.455. The number of aromatic nitrogens is 2. The molecule has 0 aromatic carbocycles. The Hall–Kier alpha value is -1.96. The summed E-state index contributed by atoms with van der Waals surface area (Å²) in [6, 6.07) is 0. The van der Waals surface area contributed by atoms with Crippen LogP contribution >= 0.6 is 0 Å². The van der Waals surface area contributed by atoms with Crippen molar-refractivity contribution in [1.82, 2.24) is 15.1 Å². The maximum atomic E-state index is 11.9. The number of nitrogens with one attached hydrogen (secondary N) is 1. The molecule has 0 unspecified atom stereocenters. The lowest BCUT2D eigenvalue weighted by atomic mass is 10.2. The van der Waals surface area contributed by atoms with Crippen molar-refractivity contribution in [2.75, 3.05) is 19.3 Å². The van der Waals surface area contributed by atoms with Gasteiger partial charge in [0, 0.05) is 13.0 Å². The molecule has 1 amide bonds. The highest BCUT2D eigenvalue weighted by Gasteiger charge is 2.30. The minimum absolute atomic E-state index is 0.237. The third-order valence-electron chi connectivity index (χ3n) is 2.70. The Labute approximate surface area is 94.0 Å². The number of anilines is 1. The molecule has 16 heavy (non-hydrogen) atoms. The average Bonchev–Trinajstić information content (AvgIpc) is 3.02. The summed E-state index contributed by atoms with van der Waals surface area (Å²) in [4.78, 5) is 13.3. The summed E-state index contributed by atoms with van der Waals surface area (Å²) < 4.78 is 0. The zero-order chi connectivity index (χ0) is 11.7. The van der Waals surface area contributed by atoms with Gasteiger partial charge < -0.3 is 10.6 Å². The molecule has 0 bridgehead atoms. The Morgan fingerprint density at radius 3 is 3.00 bits per heavy atom. The van der Waals surface area contributed by atoms with Crippen molar-refractivity contribution in [3.05, 3.63) is 11.4 Å². The van der Waals surface area contributed by atoms with Crippen molar-refractivity contribution >= 4 is 11.6 Å². The van der Waals surface area contributed by atoms with Crippen LogP contribution in [0.3, 0.4) is 0 Å². The first-order chi connectivity index (χ1) is 7.65. The molecule has 84 valence electrons. The topological polar surface area (TPSA) is 75.0 Å². The standard InChI is InChI=1S/C11H14N4O/c1-3-6-15(2)11(16)10-8(12)9(13-14-10)7-4-5-7/h1,7H,4-6,12H2,2H3,(H,13,14). The third kappa shape index (κ3) is 1.74. The highest BCUT2D eigenvalue weighted by molar-refractivity contribution is 5.97. The van der Waals surface area contributed by atoms with Crippen LogP contribution in [-0.4, -0.2) is 34.6 Å². The number of H-pyrrole nitrogens is 1. The summed E-state index contributed by atoms with van der Waals surface area (Å²) in [7, 11) is 1.63. The predicted octanol–water partition coefficient (Wildman–Crippen LogP) is 0.575. The molecule has 1 saturated carbocycles. The van der Waals surface area contributed by atoms with E-state index in [0.717, 1.165) is 18.5 Å². The molecule has 3 N–H and O–H groups in total. The number of terminal acetylenes is 1. The lowest BCUT2D eigenvalue weighted by Gasteiger charge is -2.12. The van der Waals surface area contributed by atoms with Crippen LogP contribution in [0, 0.1) is 12.3 Å².